The molecular formula is C20H26N2O5. The zero-order chi connectivity index (χ0) is 18.3. The number of ether oxygens (including phenoxy) is 4. The van der Waals surface area contributed by atoms with Crippen molar-refractivity contribution in [2.45, 2.75) is 37.9 Å². The lowest BCUT2D eigenvalue weighted by Crippen LogP contribution is -2.50. The minimum absolute atomic E-state index is 0.00997. The van der Waals surface area contributed by atoms with E-state index in [1.54, 1.807) is 0 Å². The van der Waals surface area contributed by atoms with Gasteiger partial charge in [-0.05, 0) is 12.5 Å². The summed E-state index contributed by atoms with van der Waals surface area (Å²) >= 11 is 0. The van der Waals surface area contributed by atoms with Crippen LogP contribution in [0.5, 0.6) is 11.5 Å². The molecule has 0 unspecified atom stereocenters. The first-order chi connectivity index (χ1) is 13.2. The maximum Gasteiger partial charge on any atom is 0.317 e. The summed E-state index contributed by atoms with van der Waals surface area (Å²) in [6.07, 6.45) is 4.11. The molecule has 0 radical (unpaired) electrons. The number of amides is 2. The van der Waals surface area contributed by atoms with E-state index in [0.717, 1.165) is 56.8 Å². The molecule has 5 rings (SSSR count). The van der Waals surface area contributed by atoms with E-state index in [9.17, 15) is 4.79 Å². The zero-order valence-electron chi connectivity index (χ0n) is 15.6. The minimum Gasteiger partial charge on any atom is -0.493 e. The number of carbonyl (C=O) groups excluding carboxylic acids is 1. The Bertz CT molecular complexity index is 702. The Morgan fingerprint density at radius 1 is 1.07 bits per heavy atom. The van der Waals surface area contributed by atoms with E-state index in [-0.39, 0.29) is 6.03 Å². The van der Waals surface area contributed by atoms with Crippen molar-refractivity contribution in [3.05, 3.63) is 22.8 Å². The number of hydrogen-bond acceptors (Lipinski definition) is 5. The van der Waals surface area contributed by atoms with Gasteiger partial charge in [0.2, 0.25) is 0 Å². The third-order valence-electron chi connectivity index (χ3n) is 6.04. The third kappa shape index (κ3) is 3.12. The van der Waals surface area contributed by atoms with Crippen LogP contribution in [-0.2, 0) is 28.7 Å². The summed E-state index contributed by atoms with van der Waals surface area (Å²) in [5.41, 5.74) is 3.69. The highest BCUT2D eigenvalue weighted by molar-refractivity contribution is 5.74. The molecule has 4 aliphatic heterocycles. The summed E-state index contributed by atoms with van der Waals surface area (Å²) in [6.45, 7) is 4.71. The van der Waals surface area contributed by atoms with Crippen LogP contribution in [0.15, 0.2) is 6.07 Å². The Kier molecular flexibility index (Phi) is 4.36. The van der Waals surface area contributed by atoms with E-state index < -0.39 is 5.79 Å². The van der Waals surface area contributed by atoms with Crippen LogP contribution >= 0.6 is 0 Å². The maximum atomic E-state index is 12.5. The number of urea groups is 1. The number of piperidine rings is 1. The minimum atomic E-state index is -0.445. The number of carbonyl (C=O) groups is 1. The molecule has 7 heteroatoms. The van der Waals surface area contributed by atoms with Gasteiger partial charge in [-0.25, -0.2) is 4.79 Å². The summed E-state index contributed by atoms with van der Waals surface area (Å²) in [4.78, 5) is 14.4. The van der Waals surface area contributed by atoms with Crippen LogP contribution in [0.25, 0.3) is 0 Å². The van der Waals surface area contributed by atoms with Crippen LogP contribution in [0, 0.1) is 0 Å². The number of benzene rings is 1. The predicted molar refractivity (Wildman–Crippen MR) is 97.4 cm³/mol. The molecule has 7 nitrogen and oxygen atoms in total. The highest BCUT2D eigenvalue weighted by atomic mass is 16.7. The molecule has 1 spiro atoms. The van der Waals surface area contributed by atoms with E-state index in [4.69, 9.17) is 18.9 Å². The predicted octanol–water partition coefficient (Wildman–Crippen LogP) is 1.65. The Morgan fingerprint density at radius 2 is 1.85 bits per heavy atom. The lowest BCUT2D eigenvalue weighted by atomic mass is 9.97. The van der Waals surface area contributed by atoms with E-state index >= 15 is 0 Å². The third-order valence-corrected chi connectivity index (χ3v) is 6.04. The molecule has 2 amide bonds. The summed E-state index contributed by atoms with van der Waals surface area (Å²) in [6, 6.07) is 2.12. The quantitative estimate of drug-likeness (QED) is 0.871. The fourth-order valence-corrected chi connectivity index (χ4v) is 4.59. The highest BCUT2D eigenvalue weighted by Gasteiger charge is 2.40. The molecule has 0 bridgehead atoms. The van der Waals surface area contributed by atoms with Crippen LogP contribution in [0.3, 0.4) is 0 Å². The molecule has 0 saturated carbocycles. The first kappa shape index (κ1) is 17.1. The first-order valence-corrected chi connectivity index (χ1v) is 9.98. The van der Waals surface area contributed by atoms with Gasteiger partial charge in [-0.3, -0.25) is 0 Å². The first-order valence-electron chi connectivity index (χ1n) is 9.98. The van der Waals surface area contributed by atoms with Crippen LogP contribution < -0.4 is 14.8 Å². The summed E-state index contributed by atoms with van der Waals surface area (Å²) in [5, 5.41) is 3.07. The summed E-state index contributed by atoms with van der Waals surface area (Å²) in [5.74, 6) is 1.57. The number of nitrogens with zero attached hydrogens (tertiary/aromatic N) is 1. The SMILES string of the molecule is O=C(NCCc1c2c(cc3c1OCC3)OCC2)N1CCC2(CC1)OCCO2. The average molecular weight is 374 g/mol. The fraction of sp³-hybridized carbons (Fsp3) is 0.650. The smallest absolute Gasteiger partial charge is 0.317 e. The second-order valence-corrected chi connectivity index (χ2v) is 7.59. The van der Waals surface area contributed by atoms with Gasteiger partial charge in [0.05, 0.1) is 26.4 Å². The van der Waals surface area contributed by atoms with Gasteiger partial charge < -0.3 is 29.2 Å². The molecule has 0 aromatic heterocycles. The zero-order valence-corrected chi connectivity index (χ0v) is 15.6. The highest BCUT2D eigenvalue weighted by Crippen LogP contribution is 2.40. The molecule has 4 heterocycles. The Labute approximate surface area is 158 Å². The van der Waals surface area contributed by atoms with E-state index in [0.29, 0.717) is 32.8 Å². The lowest BCUT2D eigenvalue weighted by Gasteiger charge is -2.37. The van der Waals surface area contributed by atoms with Gasteiger partial charge in [0, 0.05) is 62.0 Å². The molecule has 1 N–H and O–H groups in total. The topological polar surface area (TPSA) is 69.3 Å². The largest absolute Gasteiger partial charge is 0.493 e. The van der Waals surface area contributed by atoms with Gasteiger partial charge in [0.1, 0.15) is 11.5 Å². The van der Waals surface area contributed by atoms with Crippen molar-refractivity contribution in [2.75, 3.05) is 46.1 Å². The van der Waals surface area contributed by atoms with Crippen molar-refractivity contribution in [1.29, 1.82) is 0 Å². The van der Waals surface area contributed by atoms with Gasteiger partial charge in [-0.2, -0.15) is 0 Å². The fourth-order valence-electron chi connectivity index (χ4n) is 4.59. The molecule has 2 saturated heterocycles. The second-order valence-electron chi connectivity index (χ2n) is 7.59. The van der Waals surface area contributed by atoms with Crippen LogP contribution in [0.4, 0.5) is 4.79 Å². The number of rotatable bonds is 3. The number of likely N-dealkylation sites (tertiary alicyclic amines) is 1. The van der Waals surface area contributed by atoms with Gasteiger partial charge >= 0.3 is 6.03 Å². The van der Waals surface area contributed by atoms with Crippen molar-refractivity contribution >= 4 is 6.03 Å². The van der Waals surface area contributed by atoms with Crippen molar-refractivity contribution in [1.82, 2.24) is 10.2 Å². The van der Waals surface area contributed by atoms with Gasteiger partial charge in [-0.15, -0.1) is 0 Å². The molecule has 1 aromatic carbocycles. The lowest BCUT2D eigenvalue weighted by molar-refractivity contribution is -0.181. The number of hydrogen-bond donors (Lipinski definition) is 1. The Hall–Kier alpha value is -1.99. The van der Waals surface area contributed by atoms with Crippen LogP contribution in [-0.4, -0.2) is 62.8 Å². The normalized spacial score (nSPS) is 22.3. The van der Waals surface area contributed by atoms with Gasteiger partial charge in [-0.1, -0.05) is 0 Å². The molecule has 0 atom stereocenters. The van der Waals surface area contributed by atoms with Crippen molar-refractivity contribution < 1.29 is 23.7 Å². The summed E-state index contributed by atoms with van der Waals surface area (Å²) < 4.78 is 23.1. The number of fused-ring (bicyclic) bond motifs is 2. The van der Waals surface area contributed by atoms with Gasteiger partial charge in [0.15, 0.2) is 5.79 Å². The Balaban J connectivity index is 1.18. The van der Waals surface area contributed by atoms with Crippen LogP contribution in [0.2, 0.25) is 0 Å². The molecule has 0 aliphatic carbocycles. The summed E-state index contributed by atoms with van der Waals surface area (Å²) in [7, 11) is 0. The standard InChI is InChI=1S/C20H26N2O5/c23-19(22-7-4-20(5-8-22)26-11-12-27-20)21-6-1-16-15-3-10-24-17(15)13-14-2-9-25-18(14)16/h13H,1-12H2,(H,21,23). The van der Waals surface area contributed by atoms with E-state index in [1.807, 2.05) is 4.90 Å². The molecule has 27 heavy (non-hydrogen) atoms. The van der Waals surface area contributed by atoms with Crippen molar-refractivity contribution in [2.24, 2.45) is 0 Å². The average Bonchev–Trinajstić information content (AvgIpc) is 3.42. The van der Waals surface area contributed by atoms with Crippen LogP contribution in [0.1, 0.15) is 29.5 Å². The monoisotopic (exact) mass is 374 g/mol. The number of nitrogens with one attached hydrogen (secondary N) is 1. The Morgan fingerprint density at radius 3 is 2.67 bits per heavy atom. The maximum absolute atomic E-state index is 12.5. The van der Waals surface area contributed by atoms with Gasteiger partial charge in [0.25, 0.3) is 0 Å². The molecule has 146 valence electrons. The molecule has 4 aliphatic rings. The second kappa shape index (κ2) is 6.87. The molecular weight excluding hydrogens is 348 g/mol. The molecule has 1 aromatic rings. The van der Waals surface area contributed by atoms with Crippen molar-refractivity contribution in [3.63, 3.8) is 0 Å². The molecule has 2 fully saturated rings. The van der Waals surface area contributed by atoms with E-state index in [1.165, 1.54) is 16.7 Å². The van der Waals surface area contributed by atoms with Crippen molar-refractivity contribution in [3.8, 4) is 11.5 Å². The van der Waals surface area contributed by atoms with E-state index in [2.05, 4.69) is 11.4 Å².